The Kier molecular flexibility index (Phi) is 5.77. The van der Waals surface area contributed by atoms with E-state index >= 15 is 0 Å². The van der Waals surface area contributed by atoms with Gasteiger partial charge in [0.15, 0.2) is 0 Å². The van der Waals surface area contributed by atoms with E-state index in [1.165, 1.54) is 6.42 Å². The van der Waals surface area contributed by atoms with Crippen molar-refractivity contribution in [3.63, 3.8) is 0 Å². The Morgan fingerprint density at radius 3 is 2.25 bits per heavy atom. The molecule has 4 nitrogen and oxygen atoms in total. The molecule has 94 valence electrons. The zero-order valence-electron chi connectivity index (χ0n) is 10.5. The van der Waals surface area contributed by atoms with E-state index in [9.17, 15) is 9.90 Å². The van der Waals surface area contributed by atoms with E-state index in [-0.39, 0.29) is 6.04 Å². The molecule has 0 bridgehead atoms. The molecule has 0 aromatic heterocycles. The fraction of sp³-hybridized carbons (Fsp3) is 0.917. The SMILES string of the molecule is CCCC(C(=O)O)N1CCN(CCC)CC1. The molecule has 0 aromatic rings. The van der Waals surface area contributed by atoms with Crippen molar-refractivity contribution in [2.45, 2.75) is 39.2 Å². The van der Waals surface area contributed by atoms with Crippen LogP contribution in [0.2, 0.25) is 0 Å². The summed E-state index contributed by atoms with van der Waals surface area (Å²) in [6.07, 6.45) is 2.88. The summed E-state index contributed by atoms with van der Waals surface area (Å²) in [5.74, 6) is -0.661. The first kappa shape index (κ1) is 13.5. The number of hydrogen-bond donors (Lipinski definition) is 1. The molecule has 1 saturated heterocycles. The van der Waals surface area contributed by atoms with Gasteiger partial charge < -0.3 is 10.0 Å². The molecule has 0 saturated carbocycles. The molecule has 1 aliphatic rings. The summed E-state index contributed by atoms with van der Waals surface area (Å²) >= 11 is 0. The van der Waals surface area contributed by atoms with E-state index in [2.05, 4.69) is 16.7 Å². The van der Waals surface area contributed by atoms with Crippen molar-refractivity contribution in [1.82, 2.24) is 9.80 Å². The molecular weight excluding hydrogens is 204 g/mol. The van der Waals surface area contributed by atoms with Gasteiger partial charge in [0.2, 0.25) is 0 Å². The molecule has 4 heteroatoms. The van der Waals surface area contributed by atoms with Crippen LogP contribution < -0.4 is 0 Å². The lowest BCUT2D eigenvalue weighted by atomic mass is 10.1. The lowest BCUT2D eigenvalue weighted by Crippen LogP contribution is -2.52. The van der Waals surface area contributed by atoms with Crippen LogP contribution in [0.3, 0.4) is 0 Å². The average Bonchev–Trinajstić information content (AvgIpc) is 2.27. The van der Waals surface area contributed by atoms with Crippen LogP contribution in [0.4, 0.5) is 0 Å². The Balaban J connectivity index is 2.41. The molecule has 1 fully saturated rings. The first-order chi connectivity index (χ1) is 7.69. The second-order valence-electron chi connectivity index (χ2n) is 4.52. The minimum Gasteiger partial charge on any atom is -0.480 e. The van der Waals surface area contributed by atoms with E-state index < -0.39 is 5.97 Å². The summed E-state index contributed by atoms with van der Waals surface area (Å²) in [6, 6.07) is -0.270. The molecule has 1 unspecified atom stereocenters. The molecule has 1 atom stereocenters. The maximum Gasteiger partial charge on any atom is 0.320 e. The van der Waals surface area contributed by atoms with Crippen molar-refractivity contribution in [1.29, 1.82) is 0 Å². The van der Waals surface area contributed by atoms with Crippen LogP contribution in [0.15, 0.2) is 0 Å². The Morgan fingerprint density at radius 1 is 1.19 bits per heavy atom. The van der Waals surface area contributed by atoms with E-state index in [0.29, 0.717) is 0 Å². The van der Waals surface area contributed by atoms with Gasteiger partial charge in [-0.3, -0.25) is 9.69 Å². The summed E-state index contributed by atoms with van der Waals surface area (Å²) in [5.41, 5.74) is 0. The second kappa shape index (κ2) is 6.86. The van der Waals surface area contributed by atoms with Gasteiger partial charge in [-0.25, -0.2) is 0 Å². The predicted molar refractivity (Wildman–Crippen MR) is 64.6 cm³/mol. The fourth-order valence-corrected chi connectivity index (χ4v) is 2.35. The van der Waals surface area contributed by atoms with E-state index in [0.717, 1.165) is 45.6 Å². The summed E-state index contributed by atoms with van der Waals surface area (Å²) in [6.45, 7) is 9.20. The molecule has 16 heavy (non-hydrogen) atoms. The first-order valence-electron chi connectivity index (χ1n) is 6.38. The largest absolute Gasteiger partial charge is 0.480 e. The number of carboxylic acids is 1. The normalized spacial score (nSPS) is 20.9. The summed E-state index contributed by atoms with van der Waals surface area (Å²) in [5, 5.41) is 9.17. The number of aliphatic carboxylic acids is 1. The molecule has 1 aliphatic heterocycles. The summed E-state index contributed by atoms with van der Waals surface area (Å²) < 4.78 is 0. The Labute approximate surface area is 98.2 Å². The summed E-state index contributed by atoms with van der Waals surface area (Å²) in [7, 11) is 0. The third kappa shape index (κ3) is 3.76. The monoisotopic (exact) mass is 228 g/mol. The smallest absolute Gasteiger partial charge is 0.320 e. The standard InChI is InChI=1S/C12H24N2O2/c1-3-5-11(12(15)16)14-9-7-13(6-4-2)8-10-14/h11H,3-10H2,1-2H3,(H,15,16). The van der Waals surface area contributed by atoms with Crippen LogP contribution in [0.1, 0.15) is 33.1 Å². The molecule has 0 aromatic carbocycles. The number of carboxylic acid groups (broad SMARTS) is 1. The van der Waals surface area contributed by atoms with Crippen molar-refractivity contribution >= 4 is 5.97 Å². The maximum atomic E-state index is 11.1. The highest BCUT2D eigenvalue weighted by Gasteiger charge is 2.27. The lowest BCUT2D eigenvalue weighted by Gasteiger charge is -2.37. The quantitative estimate of drug-likeness (QED) is 0.743. The van der Waals surface area contributed by atoms with Crippen LogP contribution in [0.25, 0.3) is 0 Å². The number of piperazine rings is 1. The third-order valence-corrected chi connectivity index (χ3v) is 3.23. The van der Waals surface area contributed by atoms with Crippen LogP contribution in [0, 0.1) is 0 Å². The molecule has 0 amide bonds. The van der Waals surface area contributed by atoms with Gasteiger partial charge in [-0.15, -0.1) is 0 Å². The number of nitrogens with zero attached hydrogens (tertiary/aromatic N) is 2. The Morgan fingerprint density at radius 2 is 1.81 bits per heavy atom. The fourth-order valence-electron chi connectivity index (χ4n) is 2.35. The van der Waals surface area contributed by atoms with Gasteiger partial charge in [-0.1, -0.05) is 20.3 Å². The first-order valence-corrected chi connectivity index (χ1v) is 6.38. The topological polar surface area (TPSA) is 43.8 Å². The van der Waals surface area contributed by atoms with E-state index in [1.54, 1.807) is 0 Å². The third-order valence-electron chi connectivity index (χ3n) is 3.23. The van der Waals surface area contributed by atoms with Gasteiger partial charge in [-0.05, 0) is 19.4 Å². The number of rotatable bonds is 6. The minimum absolute atomic E-state index is 0.270. The Hall–Kier alpha value is -0.610. The van der Waals surface area contributed by atoms with Crippen molar-refractivity contribution in [2.75, 3.05) is 32.7 Å². The van der Waals surface area contributed by atoms with Crippen molar-refractivity contribution in [3.8, 4) is 0 Å². The zero-order chi connectivity index (χ0) is 12.0. The minimum atomic E-state index is -0.661. The molecule has 0 aliphatic carbocycles. The van der Waals surface area contributed by atoms with Gasteiger partial charge in [0.05, 0.1) is 0 Å². The van der Waals surface area contributed by atoms with Crippen molar-refractivity contribution in [2.24, 2.45) is 0 Å². The molecule has 1 N–H and O–H groups in total. The van der Waals surface area contributed by atoms with Crippen molar-refractivity contribution in [3.05, 3.63) is 0 Å². The highest BCUT2D eigenvalue weighted by molar-refractivity contribution is 5.73. The highest BCUT2D eigenvalue weighted by Crippen LogP contribution is 2.11. The number of carbonyl (C=O) groups is 1. The molecule has 0 radical (unpaired) electrons. The molecule has 1 rings (SSSR count). The Bertz CT molecular complexity index is 213. The second-order valence-corrected chi connectivity index (χ2v) is 4.52. The average molecular weight is 228 g/mol. The lowest BCUT2D eigenvalue weighted by molar-refractivity contribution is -0.144. The molecule has 1 heterocycles. The van der Waals surface area contributed by atoms with Gasteiger partial charge in [0.1, 0.15) is 6.04 Å². The van der Waals surface area contributed by atoms with Crippen LogP contribution in [-0.4, -0.2) is 59.6 Å². The van der Waals surface area contributed by atoms with Crippen LogP contribution in [-0.2, 0) is 4.79 Å². The van der Waals surface area contributed by atoms with E-state index in [4.69, 9.17) is 0 Å². The molecular formula is C12H24N2O2. The number of hydrogen-bond acceptors (Lipinski definition) is 3. The summed E-state index contributed by atoms with van der Waals surface area (Å²) in [4.78, 5) is 15.7. The van der Waals surface area contributed by atoms with Gasteiger partial charge in [0.25, 0.3) is 0 Å². The van der Waals surface area contributed by atoms with Crippen molar-refractivity contribution < 1.29 is 9.90 Å². The van der Waals surface area contributed by atoms with Gasteiger partial charge >= 0.3 is 5.97 Å². The van der Waals surface area contributed by atoms with Crippen LogP contribution in [0.5, 0.6) is 0 Å². The predicted octanol–water partition coefficient (Wildman–Crippen LogP) is 1.27. The van der Waals surface area contributed by atoms with Crippen LogP contribution >= 0.6 is 0 Å². The molecule has 0 spiro atoms. The van der Waals surface area contributed by atoms with E-state index in [1.807, 2.05) is 6.92 Å². The highest BCUT2D eigenvalue weighted by atomic mass is 16.4. The zero-order valence-corrected chi connectivity index (χ0v) is 10.5. The maximum absolute atomic E-state index is 11.1. The van der Waals surface area contributed by atoms with Gasteiger partial charge in [-0.2, -0.15) is 0 Å². The van der Waals surface area contributed by atoms with Gasteiger partial charge in [0, 0.05) is 26.2 Å².